The van der Waals surface area contributed by atoms with E-state index >= 15 is 0 Å². The van der Waals surface area contributed by atoms with E-state index in [1.165, 1.54) is 36.4 Å². The number of rotatable bonds is 10. The molecule has 0 unspecified atom stereocenters. The van der Waals surface area contributed by atoms with Crippen molar-refractivity contribution in [2.75, 3.05) is 13.3 Å². The third-order valence-electron chi connectivity index (χ3n) is 3.52. The van der Waals surface area contributed by atoms with Gasteiger partial charge in [-0.05, 0) is 48.7 Å². The molecule has 0 amide bonds. The Morgan fingerprint density at radius 2 is 1.63 bits per heavy atom. The number of carbonyl (C=O) groups is 1. The molecule has 1 N–H and O–H groups in total. The number of ether oxygens (including phenoxy) is 2. The van der Waals surface area contributed by atoms with Crippen LogP contribution in [0.15, 0.2) is 60.2 Å². The summed E-state index contributed by atoms with van der Waals surface area (Å²) >= 11 is 0. The second-order valence-electron chi connectivity index (χ2n) is 5.61. The van der Waals surface area contributed by atoms with Gasteiger partial charge < -0.3 is 14.6 Å². The molecular weight excluding hydrogens is 361 g/mol. The van der Waals surface area contributed by atoms with Crippen molar-refractivity contribution in [1.82, 2.24) is 0 Å². The smallest absolute Gasteiger partial charge is 0.433 e. The van der Waals surface area contributed by atoms with Crippen LogP contribution in [0.3, 0.4) is 0 Å². The van der Waals surface area contributed by atoms with E-state index in [0.717, 1.165) is 6.08 Å². The van der Waals surface area contributed by atoms with E-state index in [1.54, 1.807) is 18.2 Å². The third-order valence-corrected chi connectivity index (χ3v) is 3.52. The second-order valence-corrected chi connectivity index (χ2v) is 5.61. The molecular formula is C20H19F3O4. The quantitative estimate of drug-likeness (QED) is 0.468. The van der Waals surface area contributed by atoms with Crippen LogP contribution in [0.5, 0.6) is 11.5 Å². The Hall–Kier alpha value is -2.96. The number of carboxylic acids is 1. The highest BCUT2D eigenvalue weighted by Gasteiger charge is 2.42. The van der Waals surface area contributed by atoms with Crippen LogP contribution in [0.4, 0.5) is 13.2 Å². The first-order valence-corrected chi connectivity index (χ1v) is 8.28. The maximum absolute atomic E-state index is 14.4. The molecule has 0 atom stereocenters. The largest absolute Gasteiger partial charge is 0.494 e. The Morgan fingerprint density at radius 3 is 2.22 bits per heavy atom. The van der Waals surface area contributed by atoms with Gasteiger partial charge in [0.2, 0.25) is 0 Å². The van der Waals surface area contributed by atoms with Crippen molar-refractivity contribution in [3.05, 3.63) is 65.7 Å². The van der Waals surface area contributed by atoms with E-state index in [2.05, 4.69) is 4.74 Å². The lowest BCUT2D eigenvalue weighted by Gasteiger charge is -2.19. The zero-order chi connectivity index (χ0) is 19.7. The summed E-state index contributed by atoms with van der Waals surface area (Å²) in [5.74, 6) is -1.57. The molecule has 0 spiro atoms. The minimum absolute atomic E-state index is 0.212. The van der Waals surface area contributed by atoms with E-state index in [4.69, 9.17) is 9.84 Å². The first-order chi connectivity index (χ1) is 12.9. The van der Waals surface area contributed by atoms with Gasteiger partial charge in [0.05, 0.1) is 13.3 Å². The molecule has 0 aliphatic heterocycles. The van der Waals surface area contributed by atoms with Gasteiger partial charge in [0.15, 0.2) is 0 Å². The summed E-state index contributed by atoms with van der Waals surface area (Å²) in [5.41, 5.74) is -0.865. The molecule has 2 aromatic rings. The summed E-state index contributed by atoms with van der Waals surface area (Å²) in [7, 11) is 0. The molecule has 27 heavy (non-hydrogen) atoms. The predicted molar refractivity (Wildman–Crippen MR) is 94.8 cm³/mol. The lowest BCUT2D eigenvalue weighted by Crippen LogP contribution is -2.31. The van der Waals surface area contributed by atoms with Crippen molar-refractivity contribution in [1.29, 1.82) is 0 Å². The summed E-state index contributed by atoms with van der Waals surface area (Å²) < 4.78 is 50.7. The number of alkyl halides is 3. The predicted octanol–water partition coefficient (Wildman–Crippen LogP) is 4.95. The SMILES string of the molecule is O=C(O)/C(=C\c1ccccc1)C(F)(F)Oc1ccc(OCCCCF)cc1. The fraction of sp³-hybridized carbons (Fsp3) is 0.250. The second kappa shape index (κ2) is 9.66. The molecule has 0 aliphatic carbocycles. The highest BCUT2D eigenvalue weighted by molar-refractivity contribution is 5.93. The fourth-order valence-electron chi connectivity index (χ4n) is 2.18. The molecule has 144 valence electrons. The molecule has 0 aliphatic rings. The molecule has 0 bridgehead atoms. The van der Waals surface area contributed by atoms with E-state index in [1.807, 2.05) is 0 Å². The zero-order valence-corrected chi connectivity index (χ0v) is 14.4. The van der Waals surface area contributed by atoms with Crippen molar-refractivity contribution in [2.24, 2.45) is 0 Å². The minimum atomic E-state index is -4.04. The van der Waals surface area contributed by atoms with Gasteiger partial charge in [-0.15, -0.1) is 0 Å². The van der Waals surface area contributed by atoms with Gasteiger partial charge in [-0.1, -0.05) is 30.3 Å². The van der Waals surface area contributed by atoms with Crippen LogP contribution in [-0.2, 0) is 4.79 Å². The molecule has 0 heterocycles. The summed E-state index contributed by atoms with van der Waals surface area (Å²) in [4.78, 5) is 11.3. The van der Waals surface area contributed by atoms with Crippen LogP contribution in [0.25, 0.3) is 6.08 Å². The van der Waals surface area contributed by atoms with Gasteiger partial charge in [-0.25, -0.2) is 4.79 Å². The number of benzene rings is 2. The van der Waals surface area contributed by atoms with E-state index in [-0.39, 0.29) is 5.75 Å². The highest BCUT2D eigenvalue weighted by atomic mass is 19.3. The standard InChI is InChI=1S/C20H19F3O4/c21-12-4-5-13-26-16-8-10-17(11-9-16)27-20(22,23)18(19(24)25)14-15-6-2-1-3-7-15/h1-3,6-11,14H,4-5,12-13H2,(H,24,25)/b18-14+. The molecule has 2 aromatic carbocycles. The number of aliphatic carboxylic acids is 1. The number of hydrogen-bond acceptors (Lipinski definition) is 3. The van der Waals surface area contributed by atoms with Crippen molar-refractivity contribution >= 4 is 12.0 Å². The van der Waals surface area contributed by atoms with Crippen LogP contribution in [0.1, 0.15) is 18.4 Å². The molecule has 0 saturated heterocycles. The van der Waals surface area contributed by atoms with E-state index in [0.29, 0.717) is 30.8 Å². The average molecular weight is 380 g/mol. The zero-order valence-electron chi connectivity index (χ0n) is 14.4. The Kier molecular flexibility index (Phi) is 7.28. The van der Waals surface area contributed by atoms with Crippen molar-refractivity contribution < 1.29 is 32.5 Å². The van der Waals surface area contributed by atoms with Crippen molar-refractivity contribution in [3.8, 4) is 11.5 Å². The lowest BCUT2D eigenvalue weighted by molar-refractivity contribution is -0.160. The fourth-order valence-corrected chi connectivity index (χ4v) is 2.18. The number of unbranched alkanes of at least 4 members (excludes halogenated alkanes) is 1. The third kappa shape index (κ3) is 6.36. The topological polar surface area (TPSA) is 55.8 Å². The summed E-state index contributed by atoms with van der Waals surface area (Å²) in [5, 5.41) is 9.16. The molecule has 0 aromatic heterocycles. The number of carboxylic acid groups (broad SMARTS) is 1. The summed E-state index contributed by atoms with van der Waals surface area (Å²) in [6.45, 7) is -0.114. The Morgan fingerprint density at radius 1 is 1.00 bits per heavy atom. The lowest BCUT2D eigenvalue weighted by atomic mass is 10.1. The number of halogens is 3. The van der Waals surface area contributed by atoms with Crippen LogP contribution >= 0.6 is 0 Å². The van der Waals surface area contributed by atoms with Crippen LogP contribution in [0, 0.1) is 0 Å². The van der Waals surface area contributed by atoms with Gasteiger partial charge in [0.25, 0.3) is 0 Å². The first-order valence-electron chi connectivity index (χ1n) is 8.28. The summed E-state index contributed by atoms with van der Waals surface area (Å²) in [6.07, 6.45) is -2.24. The average Bonchev–Trinajstić information content (AvgIpc) is 2.65. The van der Waals surface area contributed by atoms with Crippen molar-refractivity contribution in [3.63, 3.8) is 0 Å². The van der Waals surface area contributed by atoms with E-state index < -0.39 is 24.3 Å². The van der Waals surface area contributed by atoms with Gasteiger partial charge in [0, 0.05) is 0 Å². The van der Waals surface area contributed by atoms with Gasteiger partial charge >= 0.3 is 12.1 Å². The van der Waals surface area contributed by atoms with Crippen LogP contribution in [0.2, 0.25) is 0 Å². The van der Waals surface area contributed by atoms with Crippen LogP contribution in [-0.4, -0.2) is 30.5 Å². The van der Waals surface area contributed by atoms with Crippen LogP contribution < -0.4 is 9.47 Å². The number of hydrogen-bond donors (Lipinski definition) is 1. The Balaban J connectivity index is 2.09. The van der Waals surface area contributed by atoms with E-state index in [9.17, 15) is 18.0 Å². The normalized spacial score (nSPS) is 11.9. The molecule has 7 heteroatoms. The van der Waals surface area contributed by atoms with Gasteiger partial charge in [0.1, 0.15) is 17.1 Å². The minimum Gasteiger partial charge on any atom is -0.494 e. The Labute approximate surface area is 154 Å². The maximum Gasteiger partial charge on any atom is 0.433 e. The first kappa shape index (κ1) is 20.4. The van der Waals surface area contributed by atoms with Crippen molar-refractivity contribution in [2.45, 2.75) is 19.0 Å². The highest BCUT2D eigenvalue weighted by Crippen LogP contribution is 2.31. The molecule has 4 nitrogen and oxygen atoms in total. The monoisotopic (exact) mass is 380 g/mol. The molecule has 0 fully saturated rings. The van der Waals surface area contributed by atoms with Gasteiger partial charge in [-0.3, -0.25) is 4.39 Å². The molecule has 0 saturated carbocycles. The summed E-state index contributed by atoms with van der Waals surface area (Å²) in [6, 6.07) is 13.3. The Bertz CT molecular complexity index is 759. The van der Waals surface area contributed by atoms with Gasteiger partial charge in [-0.2, -0.15) is 8.78 Å². The molecule has 0 radical (unpaired) electrons. The maximum atomic E-state index is 14.4. The molecule has 2 rings (SSSR count).